The maximum atomic E-state index is 5.94. The second-order valence-corrected chi connectivity index (χ2v) is 5.28. The van der Waals surface area contributed by atoms with Crippen LogP contribution in [0.25, 0.3) is 0 Å². The lowest BCUT2D eigenvalue weighted by atomic mass is 9.90. The van der Waals surface area contributed by atoms with Crippen LogP contribution in [0.5, 0.6) is 5.75 Å². The van der Waals surface area contributed by atoms with Gasteiger partial charge in [0.25, 0.3) is 0 Å². The van der Waals surface area contributed by atoms with Gasteiger partial charge in [-0.1, -0.05) is 25.1 Å². The summed E-state index contributed by atoms with van der Waals surface area (Å²) in [7, 11) is 1.72. The fourth-order valence-corrected chi connectivity index (χ4v) is 2.42. The third kappa shape index (κ3) is 3.24. The number of likely N-dealkylation sites (N-methyl/N-ethyl adjacent to an activating group) is 1. The maximum absolute atomic E-state index is 5.94. The van der Waals surface area contributed by atoms with Crippen molar-refractivity contribution in [3.8, 4) is 5.75 Å². The molecule has 0 fully saturated rings. The van der Waals surface area contributed by atoms with Crippen molar-refractivity contribution >= 4 is 0 Å². The number of hydrogen-bond acceptors (Lipinski definition) is 3. The molecule has 0 aliphatic heterocycles. The molecule has 1 atom stereocenters. The normalized spacial score (nSPS) is 13.7. The minimum atomic E-state index is -0.0883. The quantitative estimate of drug-likeness (QED) is 0.843. The van der Waals surface area contributed by atoms with Crippen molar-refractivity contribution in [1.82, 2.24) is 4.90 Å². The SMILES string of the molecule is CCN(C[C@H](C)N)C(C)(C)c1ccccc1OC. The molecule has 0 saturated carbocycles. The van der Waals surface area contributed by atoms with E-state index in [1.807, 2.05) is 19.1 Å². The lowest BCUT2D eigenvalue weighted by Crippen LogP contribution is -2.46. The van der Waals surface area contributed by atoms with Gasteiger partial charge in [-0.3, -0.25) is 4.90 Å². The van der Waals surface area contributed by atoms with E-state index in [-0.39, 0.29) is 11.6 Å². The molecule has 0 heterocycles. The molecular weight excluding hydrogens is 224 g/mol. The Labute approximate surface area is 111 Å². The summed E-state index contributed by atoms with van der Waals surface area (Å²) in [4.78, 5) is 2.38. The van der Waals surface area contributed by atoms with Crippen molar-refractivity contribution in [2.75, 3.05) is 20.2 Å². The number of ether oxygens (including phenoxy) is 1. The van der Waals surface area contributed by atoms with Crippen LogP contribution in [0.4, 0.5) is 0 Å². The molecule has 0 radical (unpaired) electrons. The minimum absolute atomic E-state index is 0.0883. The summed E-state index contributed by atoms with van der Waals surface area (Å²) in [6.07, 6.45) is 0. The molecule has 1 rings (SSSR count). The monoisotopic (exact) mass is 250 g/mol. The molecule has 18 heavy (non-hydrogen) atoms. The molecular formula is C15H26N2O. The highest BCUT2D eigenvalue weighted by Gasteiger charge is 2.30. The molecule has 1 aromatic carbocycles. The molecule has 0 saturated heterocycles. The summed E-state index contributed by atoms with van der Waals surface area (Å²) >= 11 is 0. The van der Waals surface area contributed by atoms with Gasteiger partial charge in [-0.05, 0) is 33.4 Å². The van der Waals surface area contributed by atoms with Crippen LogP contribution in [0.3, 0.4) is 0 Å². The number of benzene rings is 1. The van der Waals surface area contributed by atoms with E-state index in [1.54, 1.807) is 7.11 Å². The van der Waals surface area contributed by atoms with Gasteiger partial charge >= 0.3 is 0 Å². The van der Waals surface area contributed by atoms with Crippen LogP contribution < -0.4 is 10.5 Å². The molecule has 0 amide bonds. The number of nitrogens with two attached hydrogens (primary N) is 1. The van der Waals surface area contributed by atoms with Crippen LogP contribution >= 0.6 is 0 Å². The van der Waals surface area contributed by atoms with Gasteiger partial charge in [0, 0.05) is 23.7 Å². The average molecular weight is 250 g/mol. The molecule has 0 aliphatic carbocycles. The summed E-state index contributed by atoms with van der Waals surface area (Å²) in [5.41, 5.74) is 7.06. The first-order valence-electron chi connectivity index (χ1n) is 6.57. The first-order valence-corrected chi connectivity index (χ1v) is 6.57. The van der Waals surface area contributed by atoms with Gasteiger partial charge in [-0.2, -0.15) is 0 Å². The first-order chi connectivity index (χ1) is 8.43. The molecule has 3 heteroatoms. The van der Waals surface area contributed by atoms with E-state index in [9.17, 15) is 0 Å². The van der Waals surface area contributed by atoms with Gasteiger partial charge in [0.15, 0.2) is 0 Å². The summed E-state index contributed by atoms with van der Waals surface area (Å²) in [5, 5.41) is 0. The van der Waals surface area contributed by atoms with Crippen LogP contribution in [0.1, 0.15) is 33.3 Å². The number of hydrogen-bond donors (Lipinski definition) is 1. The zero-order valence-corrected chi connectivity index (χ0v) is 12.2. The Morgan fingerprint density at radius 1 is 1.33 bits per heavy atom. The summed E-state index contributed by atoms with van der Waals surface area (Å²) < 4.78 is 5.47. The molecule has 0 aliphatic rings. The van der Waals surface area contributed by atoms with Crippen molar-refractivity contribution in [3.63, 3.8) is 0 Å². The van der Waals surface area contributed by atoms with E-state index >= 15 is 0 Å². The molecule has 2 N–H and O–H groups in total. The van der Waals surface area contributed by atoms with Crippen molar-refractivity contribution in [2.45, 2.75) is 39.3 Å². The topological polar surface area (TPSA) is 38.5 Å². The largest absolute Gasteiger partial charge is 0.496 e. The van der Waals surface area contributed by atoms with Gasteiger partial charge < -0.3 is 10.5 Å². The second kappa shape index (κ2) is 6.21. The molecule has 102 valence electrons. The molecule has 1 aromatic rings. The Kier molecular flexibility index (Phi) is 5.17. The van der Waals surface area contributed by atoms with E-state index in [2.05, 4.69) is 37.8 Å². The smallest absolute Gasteiger partial charge is 0.123 e. The standard InChI is InChI=1S/C15H26N2O/c1-6-17(11-12(2)16)15(3,4)13-9-7-8-10-14(13)18-5/h7-10,12H,6,11,16H2,1-5H3/t12-/m0/s1. The van der Waals surface area contributed by atoms with Crippen molar-refractivity contribution in [1.29, 1.82) is 0 Å². The zero-order chi connectivity index (χ0) is 13.8. The second-order valence-electron chi connectivity index (χ2n) is 5.28. The van der Waals surface area contributed by atoms with Crippen LogP contribution in [0.15, 0.2) is 24.3 Å². The number of para-hydroxylation sites is 1. The Hall–Kier alpha value is -1.06. The predicted molar refractivity (Wildman–Crippen MR) is 76.9 cm³/mol. The summed E-state index contributed by atoms with van der Waals surface area (Å²) in [6.45, 7) is 10.5. The number of nitrogens with zero attached hydrogens (tertiary/aromatic N) is 1. The third-order valence-corrected chi connectivity index (χ3v) is 3.45. The molecule has 0 aromatic heterocycles. The van der Waals surface area contributed by atoms with Crippen molar-refractivity contribution < 1.29 is 4.74 Å². The fraction of sp³-hybridized carbons (Fsp3) is 0.600. The van der Waals surface area contributed by atoms with E-state index in [0.29, 0.717) is 0 Å². The third-order valence-electron chi connectivity index (χ3n) is 3.45. The zero-order valence-electron chi connectivity index (χ0n) is 12.2. The van der Waals surface area contributed by atoms with Gasteiger partial charge in [0.2, 0.25) is 0 Å². The van der Waals surface area contributed by atoms with E-state index in [0.717, 1.165) is 18.8 Å². The van der Waals surface area contributed by atoms with E-state index in [1.165, 1.54) is 5.56 Å². The molecule has 0 bridgehead atoms. The highest BCUT2D eigenvalue weighted by molar-refractivity contribution is 5.38. The van der Waals surface area contributed by atoms with Crippen LogP contribution in [0, 0.1) is 0 Å². The minimum Gasteiger partial charge on any atom is -0.496 e. The highest BCUT2D eigenvalue weighted by Crippen LogP contribution is 2.34. The Bertz CT molecular complexity index is 375. The van der Waals surface area contributed by atoms with Gasteiger partial charge in [0.05, 0.1) is 7.11 Å². The van der Waals surface area contributed by atoms with Crippen LogP contribution in [-0.4, -0.2) is 31.1 Å². The Balaban J connectivity index is 3.09. The Morgan fingerprint density at radius 2 is 1.94 bits per heavy atom. The van der Waals surface area contributed by atoms with Gasteiger partial charge in [-0.25, -0.2) is 0 Å². The van der Waals surface area contributed by atoms with E-state index < -0.39 is 0 Å². The number of methoxy groups -OCH3 is 1. The predicted octanol–water partition coefficient (Wildman–Crippen LogP) is 2.60. The number of rotatable bonds is 6. The highest BCUT2D eigenvalue weighted by atomic mass is 16.5. The van der Waals surface area contributed by atoms with Gasteiger partial charge in [-0.15, -0.1) is 0 Å². The maximum Gasteiger partial charge on any atom is 0.123 e. The lowest BCUT2D eigenvalue weighted by Gasteiger charge is -2.40. The lowest BCUT2D eigenvalue weighted by molar-refractivity contribution is 0.117. The van der Waals surface area contributed by atoms with E-state index in [4.69, 9.17) is 10.5 Å². The summed E-state index contributed by atoms with van der Waals surface area (Å²) in [5.74, 6) is 0.936. The molecule has 3 nitrogen and oxygen atoms in total. The Morgan fingerprint density at radius 3 is 2.44 bits per heavy atom. The van der Waals surface area contributed by atoms with Crippen molar-refractivity contribution in [2.24, 2.45) is 5.73 Å². The molecule has 0 unspecified atom stereocenters. The van der Waals surface area contributed by atoms with Gasteiger partial charge in [0.1, 0.15) is 5.75 Å². The fourth-order valence-electron chi connectivity index (χ4n) is 2.42. The van der Waals surface area contributed by atoms with Crippen molar-refractivity contribution in [3.05, 3.63) is 29.8 Å². The molecule has 0 spiro atoms. The van der Waals surface area contributed by atoms with Crippen LogP contribution in [0.2, 0.25) is 0 Å². The summed E-state index contributed by atoms with van der Waals surface area (Å²) in [6, 6.07) is 8.36. The first kappa shape index (κ1) is 15.0. The average Bonchev–Trinajstić information content (AvgIpc) is 2.35. The van der Waals surface area contributed by atoms with Crippen LogP contribution in [-0.2, 0) is 5.54 Å².